The van der Waals surface area contributed by atoms with Crippen LogP contribution in [0.25, 0.3) is 23.3 Å². The number of rotatable bonds is 2. The molecular formula is C32H25F4NO. The molecule has 6 heteroatoms. The van der Waals surface area contributed by atoms with Crippen molar-refractivity contribution in [2.24, 2.45) is 5.92 Å². The zero-order valence-electron chi connectivity index (χ0n) is 20.4. The Kier molecular flexibility index (Phi) is 7.14. The predicted octanol–water partition coefficient (Wildman–Crippen LogP) is 6.25. The van der Waals surface area contributed by atoms with E-state index in [1.165, 1.54) is 5.56 Å². The van der Waals surface area contributed by atoms with E-state index in [0.29, 0.717) is 18.9 Å². The zero-order valence-corrected chi connectivity index (χ0v) is 20.4. The average molecular weight is 516 g/mol. The topological polar surface area (TPSA) is 29.1 Å². The summed E-state index contributed by atoms with van der Waals surface area (Å²) in [4.78, 5) is 13.0. The van der Waals surface area contributed by atoms with Gasteiger partial charge in [-0.2, -0.15) is 13.2 Å². The van der Waals surface area contributed by atoms with Gasteiger partial charge in [0.2, 0.25) is 0 Å². The van der Waals surface area contributed by atoms with Gasteiger partial charge in [0.1, 0.15) is 5.82 Å². The zero-order chi connectivity index (χ0) is 26.7. The number of Topliss-reactive ketones (excluding diaryl/α,β-unsaturated/α-hetero) is 1. The Labute approximate surface area is 218 Å². The lowest BCUT2D eigenvalue weighted by molar-refractivity contribution is -0.140. The van der Waals surface area contributed by atoms with Gasteiger partial charge in [-0.1, -0.05) is 60.7 Å². The molecule has 0 spiro atoms. The third-order valence-corrected chi connectivity index (χ3v) is 6.91. The maximum atomic E-state index is 13.6. The summed E-state index contributed by atoms with van der Waals surface area (Å²) in [5.74, 6) is -2.33. The van der Waals surface area contributed by atoms with Crippen LogP contribution in [-0.2, 0) is 19.0 Å². The molecule has 1 aliphatic heterocycles. The number of aryl methyl sites for hydroxylation is 1. The van der Waals surface area contributed by atoms with Gasteiger partial charge >= 0.3 is 6.18 Å². The minimum absolute atomic E-state index is 0.113. The van der Waals surface area contributed by atoms with Crippen molar-refractivity contribution < 1.29 is 22.4 Å². The molecule has 1 atom stereocenters. The van der Waals surface area contributed by atoms with E-state index in [1.807, 2.05) is 54.9 Å². The average Bonchev–Trinajstić information content (AvgIpc) is 3.25. The van der Waals surface area contributed by atoms with E-state index in [9.17, 15) is 22.4 Å². The van der Waals surface area contributed by atoms with Crippen LogP contribution >= 0.6 is 0 Å². The van der Waals surface area contributed by atoms with Gasteiger partial charge in [-0.15, -0.1) is 0 Å². The Balaban J connectivity index is 0.000000366. The van der Waals surface area contributed by atoms with Gasteiger partial charge in [0.15, 0.2) is 5.78 Å². The number of hydrogen-bond donors (Lipinski definition) is 1. The highest BCUT2D eigenvalue weighted by Crippen LogP contribution is 2.33. The second-order valence-corrected chi connectivity index (χ2v) is 9.30. The molecule has 0 saturated heterocycles. The Morgan fingerprint density at radius 3 is 2.37 bits per heavy atom. The number of hydrogen-bond acceptors (Lipinski definition) is 2. The molecular weight excluding hydrogens is 490 g/mol. The first-order chi connectivity index (χ1) is 18.3. The Hall–Kier alpha value is -4.19. The van der Waals surface area contributed by atoms with E-state index in [-0.39, 0.29) is 5.56 Å². The predicted molar refractivity (Wildman–Crippen MR) is 142 cm³/mol. The number of allylic oxidation sites excluding steroid dienone is 4. The van der Waals surface area contributed by atoms with Crippen molar-refractivity contribution in [3.05, 3.63) is 130 Å². The van der Waals surface area contributed by atoms with Crippen LogP contribution < -0.4 is 15.8 Å². The SMILES string of the molecule is C1=CC=CNC=C1.O=C(c1ccc(F)c(C(F)(F)F)c1)C1C=c2c(ccc3c2=CCc2ccccc2-3)CC1. The molecule has 3 aliphatic rings. The van der Waals surface area contributed by atoms with Crippen LogP contribution in [0, 0.1) is 11.7 Å². The van der Waals surface area contributed by atoms with E-state index < -0.39 is 29.3 Å². The lowest BCUT2D eigenvalue weighted by atomic mass is 9.82. The van der Waals surface area contributed by atoms with Crippen LogP contribution in [0.1, 0.15) is 33.5 Å². The number of carbonyl (C=O) groups excluding carboxylic acids is 1. The van der Waals surface area contributed by atoms with Gasteiger partial charge < -0.3 is 5.32 Å². The number of fused-ring (bicyclic) bond motifs is 5. The van der Waals surface area contributed by atoms with E-state index in [1.54, 1.807) is 0 Å². The van der Waals surface area contributed by atoms with Gasteiger partial charge in [-0.3, -0.25) is 4.79 Å². The first kappa shape index (κ1) is 25.5. The summed E-state index contributed by atoms with van der Waals surface area (Å²) in [5.41, 5.74) is 3.12. The van der Waals surface area contributed by atoms with Crippen LogP contribution in [0.3, 0.4) is 0 Å². The molecule has 1 N–H and O–H groups in total. The maximum absolute atomic E-state index is 13.6. The summed E-state index contributed by atoms with van der Waals surface area (Å²) in [6.07, 6.45) is 12.7. The van der Waals surface area contributed by atoms with Gasteiger partial charge in [0, 0.05) is 23.9 Å². The third-order valence-electron chi connectivity index (χ3n) is 6.91. The number of ketones is 1. The lowest BCUT2D eigenvalue weighted by Crippen LogP contribution is -2.37. The van der Waals surface area contributed by atoms with Crippen LogP contribution in [0.15, 0.2) is 91.3 Å². The minimum Gasteiger partial charge on any atom is -0.368 e. The molecule has 0 saturated carbocycles. The molecule has 0 aromatic heterocycles. The van der Waals surface area contributed by atoms with Crippen molar-refractivity contribution in [1.82, 2.24) is 5.32 Å². The lowest BCUT2D eigenvalue weighted by Gasteiger charge is -2.21. The van der Waals surface area contributed by atoms with Crippen LogP contribution in [0.4, 0.5) is 17.6 Å². The normalized spacial score (nSPS) is 16.8. The molecule has 3 aromatic carbocycles. The van der Waals surface area contributed by atoms with Crippen molar-refractivity contribution in [3.8, 4) is 11.1 Å². The number of carbonyl (C=O) groups is 1. The Morgan fingerprint density at radius 1 is 0.842 bits per heavy atom. The summed E-state index contributed by atoms with van der Waals surface area (Å²) in [5, 5.41) is 4.98. The molecule has 0 fully saturated rings. The van der Waals surface area contributed by atoms with Crippen LogP contribution in [-0.4, -0.2) is 5.78 Å². The first-order valence-electron chi connectivity index (χ1n) is 12.4. The Morgan fingerprint density at radius 2 is 1.61 bits per heavy atom. The molecule has 0 amide bonds. The van der Waals surface area contributed by atoms with Crippen molar-refractivity contribution in [2.45, 2.75) is 25.4 Å². The van der Waals surface area contributed by atoms with Crippen LogP contribution in [0.2, 0.25) is 0 Å². The summed E-state index contributed by atoms with van der Waals surface area (Å²) in [6, 6.07) is 14.8. The number of alkyl halides is 3. The van der Waals surface area contributed by atoms with Crippen molar-refractivity contribution >= 4 is 17.9 Å². The van der Waals surface area contributed by atoms with Gasteiger partial charge in [-0.05, 0) is 82.3 Å². The van der Waals surface area contributed by atoms with E-state index >= 15 is 0 Å². The highest BCUT2D eigenvalue weighted by molar-refractivity contribution is 6.01. The number of nitrogens with one attached hydrogen (secondary N) is 1. The molecule has 0 bridgehead atoms. The Bertz CT molecular complexity index is 1580. The summed E-state index contributed by atoms with van der Waals surface area (Å²) in [7, 11) is 0. The fourth-order valence-corrected chi connectivity index (χ4v) is 5.04. The molecule has 38 heavy (non-hydrogen) atoms. The van der Waals surface area contributed by atoms with E-state index in [0.717, 1.165) is 45.7 Å². The largest absolute Gasteiger partial charge is 0.419 e. The second-order valence-electron chi connectivity index (χ2n) is 9.30. The third kappa shape index (κ3) is 5.25. The molecule has 2 nitrogen and oxygen atoms in total. The first-order valence-corrected chi connectivity index (χ1v) is 12.4. The standard InChI is InChI=1S/C26H18F4O.C6H7N/c27-24-12-9-18(14-23(24)26(28,29)30)25(31)17-6-5-16-8-10-20-19-4-2-1-3-15(19)7-11-21(20)22(16)13-17;1-2-4-6-7-5-3-1/h1-4,8-14,17H,5-7H2;1-7H. The summed E-state index contributed by atoms with van der Waals surface area (Å²) in [6.45, 7) is 0. The van der Waals surface area contributed by atoms with Crippen molar-refractivity contribution in [3.63, 3.8) is 0 Å². The van der Waals surface area contributed by atoms with Crippen LogP contribution in [0.5, 0.6) is 0 Å². The van der Waals surface area contributed by atoms with Crippen molar-refractivity contribution in [2.75, 3.05) is 0 Å². The van der Waals surface area contributed by atoms with E-state index in [4.69, 9.17) is 0 Å². The fourth-order valence-electron chi connectivity index (χ4n) is 5.04. The molecule has 2 aliphatic carbocycles. The molecule has 0 radical (unpaired) electrons. The van der Waals surface area contributed by atoms with Gasteiger partial charge in [0.25, 0.3) is 0 Å². The molecule has 3 aromatic rings. The van der Waals surface area contributed by atoms with Crippen molar-refractivity contribution in [1.29, 1.82) is 0 Å². The summed E-state index contributed by atoms with van der Waals surface area (Å²) >= 11 is 0. The second kappa shape index (κ2) is 10.7. The fraction of sp³-hybridized carbons (Fsp3) is 0.156. The minimum atomic E-state index is -4.84. The quantitative estimate of drug-likeness (QED) is 0.323. The molecule has 1 unspecified atom stereocenters. The highest BCUT2D eigenvalue weighted by atomic mass is 19.4. The van der Waals surface area contributed by atoms with Gasteiger partial charge in [0.05, 0.1) is 5.56 Å². The maximum Gasteiger partial charge on any atom is 0.419 e. The smallest absolute Gasteiger partial charge is 0.368 e. The van der Waals surface area contributed by atoms with E-state index in [2.05, 4.69) is 35.7 Å². The molecule has 6 rings (SSSR count). The van der Waals surface area contributed by atoms with Gasteiger partial charge in [-0.25, -0.2) is 4.39 Å². The highest BCUT2D eigenvalue weighted by Gasteiger charge is 2.35. The number of benzene rings is 3. The molecule has 1 heterocycles. The summed E-state index contributed by atoms with van der Waals surface area (Å²) < 4.78 is 52.9. The monoisotopic (exact) mass is 515 g/mol. The number of halogens is 4. The molecule has 192 valence electrons.